The van der Waals surface area contributed by atoms with Gasteiger partial charge in [0.05, 0.1) is 12.8 Å². The van der Waals surface area contributed by atoms with E-state index in [9.17, 15) is 9.59 Å². The van der Waals surface area contributed by atoms with Crippen molar-refractivity contribution in [3.05, 3.63) is 59.0 Å². The van der Waals surface area contributed by atoms with Gasteiger partial charge in [0.2, 0.25) is 5.91 Å². The third-order valence-corrected chi connectivity index (χ3v) is 5.18. The van der Waals surface area contributed by atoms with Crippen LogP contribution >= 0.6 is 11.3 Å². The summed E-state index contributed by atoms with van der Waals surface area (Å²) in [7, 11) is 1.62. The molecule has 3 rings (SSSR count). The zero-order valence-electron chi connectivity index (χ0n) is 17.7. The number of hydrogen-bond acceptors (Lipinski definition) is 5. The maximum absolute atomic E-state index is 12.7. The Morgan fingerprint density at radius 3 is 2.53 bits per heavy atom. The monoisotopic (exact) mass is 423 g/mol. The molecule has 0 aliphatic heterocycles. The van der Waals surface area contributed by atoms with E-state index < -0.39 is 5.41 Å². The second kappa shape index (κ2) is 8.67. The molecular weight excluding hydrogens is 398 g/mol. The molecule has 156 valence electrons. The minimum Gasteiger partial charge on any atom is -0.496 e. The second-order valence-electron chi connectivity index (χ2n) is 7.98. The number of ether oxygens (including phenoxy) is 1. The number of thiazole rings is 1. The maximum atomic E-state index is 12.7. The van der Waals surface area contributed by atoms with Gasteiger partial charge >= 0.3 is 0 Å². The third-order valence-electron chi connectivity index (χ3n) is 4.42. The number of amides is 2. The van der Waals surface area contributed by atoms with Crippen molar-refractivity contribution in [2.24, 2.45) is 5.41 Å². The Bertz CT molecular complexity index is 1080. The minimum absolute atomic E-state index is 0.114. The Morgan fingerprint density at radius 1 is 1.07 bits per heavy atom. The molecule has 0 fully saturated rings. The number of nitrogens with zero attached hydrogens (tertiary/aromatic N) is 1. The Hall–Kier alpha value is -3.19. The van der Waals surface area contributed by atoms with Crippen molar-refractivity contribution < 1.29 is 14.3 Å². The van der Waals surface area contributed by atoms with Gasteiger partial charge in [-0.2, -0.15) is 0 Å². The van der Waals surface area contributed by atoms with Crippen molar-refractivity contribution in [3.63, 3.8) is 0 Å². The molecule has 0 radical (unpaired) electrons. The number of aryl methyl sites for hydroxylation is 1. The predicted octanol–water partition coefficient (Wildman–Crippen LogP) is 5.36. The fraction of sp³-hybridized carbons (Fsp3) is 0.261. The lowest BCUT2D eigenvalue weighted by Gasteiger charge is -2.17. The summed E-state index contributed by atoms with van der Waals surface area (Å²) < 4.78 is 5.43. The molecule has 30 heavy (non-hydrogen) atoms. The number of carbonyl (C=O) groups excluding carboxylic acids is 2. The van der Waals surface area contributed by atoms with Crippen LogP contribution in [0.25, 0.3) is 11.3 Å². The number of hydrogen-bond donors (Lipinski definition) is 2. The molecule has 0 bridgehead atoms. The molecule has 1 heterocycles. The number of rotatable bonds is 5. The van der Waals surface area contributed by atoms with E-state index in [4.69, 9.17) is 4.74 Å². The van der Waals surface area contributed by atoms with Crippen LogP contribution in [0.3, 0.4) is 0 Å². The lowest BCUT2D eigenvalue weighted by molar-refractivity contribution is -0.123. The van der Waals surface area contributed by atoms with Crippen molar-refractivity contribution in [2.75, 3.05) is 17.7 Å². The first-order valence-corrected chi connectivity index (χ1v) is 10.4. The van der Waals surface area contributed by atoms with Crippen LogP contribution in [0.2, 0.25) is 0 Å². The van der Waals surface area contributed by atoms with Gasteiger partial charge in [0, 0.05) is 27.6 Å². The maximum Gasteiger partial charge on any atom is 0.257 e. The fourth-order valence-electron chi connectivity index (χ4n) is 2.70. The highest BCUT2D eigenvalue weighted by molar-refractivity contribution is 7.14. The molecule has 3 aromatic rings. The lowest BCUT2D eigenvalue weighted by atomic mass is 9.95. The number of benzene rings is 2. The van der Waals surface area contributed by atoms with E-state index in [1.807, 2.05) is 51.3 Å². The molecule has 0 atom stereocenters. The summed E-state index contributed by atoms with van der Waals surface area (Å²) in [5.74, 6) is 0.321. The van der Waals surface area contributed by atoms with Crippen LogP contribution < -0.4 is 15.4 Å². The largest absolute Gasteiger partial charge is 0.496 e. The van der Waals surface area contributed by atoms with Crippen molar-refractivity contribution in [1.29, 1.82) is 0 Å². The lowest BCUT2D eigenvalue weighted by Crippen LogP contribution is -2.27. The number of carbonyl (C=O) groups is 2. The van der Waals surface area contributed by atoms with Crippen molar-refractivity contribution in [3.8, 4) is 17.0 Å². The van der Waals surface area contributed by atoms with Crippen LogP contribution in [0.4, 0.5) is 10.8 Å². The van der Waals surface area contributed by atoms with Gasteiger partial charge in [-0.15, -0.1) is 11.3 Å². The SMILES string of the molecule is COc1ccc(C)cc1-c1csc(NC(=O)c2cccc(NC(=O)C(C)(C)C)c2)n1. The second-order valence-corrected chi connectivity index (χ2v) is 8.84. The Balaban J connectivity index is 1.76. The van der Waals surface area contributed by atoms with E-state index in [1.165, 1.54) is 11.3 Å². The zero-order valence-corrected chi connectivity index (χ0v) is 18.5. The molecule has 0 unspecified atom stereocenters. The van der Waals surface area contributed by atoms with Gasteiger partial charge in [-0.3, -0.25) is 14.9 Å². The molecular formula is C23H25N3O3S. The first kappa shape index (κ1) is 21.5. The van der Waals surface area contributed by atoms with E-state index in [-0.39, 0.29) is 11.8 Å². The van der Waals surface area contributed by atoms with Gasteiger partial charge in [-0.05, 0) is 37.3 Å². The molecule has 7 heteroatoms. The average molecular weight is 424 g/mol. The van der Waals surface area contributed by atoms with E-state index in [2.05, 4.69) is 15.6 Å². The summed E-state index contributed by atoms with van der Waals surface area (Å²) in [6.07, 6.45) is 0. The summed E-state index contributed by atoms with van der Waals surface area (Å²) in [6.45, 7) is 7.51. The third kappa shape index (κ3) is 5.04. The summed E-state index contributed by atoms with van der Waals surface area (Å²) in [6, 6.07) is 12.7. The van der Waals surface area contributed by atoms with E-state index in [0.29, 0.717) is 16.4 Å². The number of methoxy groups -OCH3 is 1. The highest BCUT2D eigenvalue weighted by Crippen LogP contribution is 2.33. The number of aromatic nitrogens is 1. The van der Waals surface area contributed by atoms with Crippen molar-refractivity contribution in [1.82, 2.24) is 4.98 Å². The quantitative estimate of drug-likeness (QED) is 0.579. The smallest absolute Gasteiger partial charge is 0.257 e. The highest BCUT2D eigenvalue weighted by Gasteiger charge is 2.21. The van der Waals surface area contributed by atoms with Gasteiger partial charge in [-0.1, -0.05) is 38.5 Å². The topological polar surface area (TPSA) is 80.3 Å². The van der Waals surface area contributed by atoms with Crippen LogP contribution in [0.15, 0.2) is 47.8 Å². The normalized spacial score (nSPS) is 11.1. The predicted molar refractivity (Wildman–Crippen MR) is 121 cm³/mol. The zero-order chi connectivity index (χ0) is 21.9. The Kier molecular flexibility index (Phi) is 6.22. The first-order valence-electron chi connectivity index (χ1n) is 9.51. The van der Waals surface area contributed by atoms with Crippen LogP contribution in [-0.4, -0.2) is 23.9 Å². The van der Waals surface area contributed by atoms with Crippen LogP contribution in [0, 0.1) is 12.3 Å². The Labute approximate surface area is 180 Å². The van der Waals surface area contributed by atoms with Crippen LogP contribution in [0.1, 0.15) is 36.7 Å². The minimum atomic E-state index is -0.521. The summed E-state index contributed by atoms with van der Waals surface area (Å²) in [4.78, 5) is 29.4. The number of nitrogens with one attached hydrogen (secondary N) is 2. The Morgan fingerprint density at radius 2 is 1.83 bits per heavy atom. The average Bonchev–Trinajstić information content (AvgIpc) is 3.15. The molecule has 0 aliphatic carbocycles. The summed E-state index contributed by atoms with van der Waals surface area (Å²) in [5, 5.41) is 8.04. The van der Waals surface area contributed by atoms with E-state index >= 15 is 0 Å². The number of anilines is 2. The van der Waals surface area contributed by atoms with Crippen LogP contribution in [0.5, 0.6) is 5.75 Å². The molecule has 6 nitrogen and oxygen atoms in total. The first-order chi connectivity index (χ1) is 14.2. The molecule has 2 amide bonds. The van der Waals surface area contributed by atoms with Gasteiger partial charge in [0.25, 0.3) is 5.91 Å². The molecule has 0 spiro atoms. The molecule has 0 aliphatic rings. The summed E-state index contributed by atoms with van der Waals surface area (Å²) >= 11 is 1.34. The van der Waals surface area contributed by atoms with Gasteiger partial charge < -0.3 is 10.1 Å². The van der Waals surface area contributed by atoms with Crippen LogP contribution in [-0.2, 0) is 4.79 Å². The van der Waals surface area contributed by atoms with Gasteiger partial charge in [0.15, 0.2) is 5.13 Å². The molecule has 2 aromatic carbocycles. The van der Waals surface area contributed by atoms with Crippen molar-refractivity contribution >= 4 is 34.0 Å². The fourth-order valence-corrected chi connectivity index (χ4v) is 3.41. The van der Waals surface area contributed by atoms with Crippen molar-refractivity contribution in [2.45, 2.75) is 27.7 Å². The van der Waals surface area contributed by atoms with E-state index in [1.54, 1.807) is 31.4 Å². The van der Waals surface area contributed by atoms with Gasteiger partial charge in [-0.25, -0.2) is 4.98 Å². The molecule has 2 N–H and O–H groups in total. The highest BCUT2D eigenvalue weighted by atomic mass is 32.1. The molecule has 1 aromatic heterocycles. The summed E-state index contributed by atoms with van der Waals surface area (Å²) in [5.41, 5.74) is 3.20. The molecule has 0 saturated heterocycles. The van der Waals surface area contributed by atoms with E-state index in [0.717, 1.165) is 22.6 Å². The standard InChI is InChI=1S/C23H25N3O3S/c1-14-9-10-19(29-5)17(11-14)18-13-30-22(25-18)26-20(27)15-7-6-8-16(12-15)24-21(28)23(2,3)4/h6-13H,1-5H3,(H,24,28)(H,25,26,27). The van der Waals surface area contributed by atoms with Gasteiger partial charge in [0.1, 0.15) is 5.75 Å². The molecule has 0 saturated carbocycles.